The number of carbonyl (C=O) groups excluding carboxylic acids is 2. The number of hydrogen-bond acceptors (Lipinski definition) is 6. The molecular formula is C30H34N4O5. The Labute approximate surface area is 227 Å². The smallest absolute Gasteiger partial charge is 0.256 e. The van der Waals surface area contributed by atoms with E-state index in [0.717, 1.165) is 16.8 Å². The number of amides is 2. The van der Waals surface area contributed by atoms with Crippen LogP contribution in [0.1, 0.15) is 56.5 Å². The number of aliphatic hydroxyl groups excluding tert-OH is 1. The molecule has 1 N–H and O–H groups in total. The summed E-state index contributed by atoms with van der Waals surface area (Å²) >= 11 is 0. The van der Waals surface area contributed by atoms with Gasteiger partial charge in [0.05, 0.1) is 28.9 Å². The first-order valence-corrected chi connectivity index (χ1v) is 13.3. The molecular weight excluding hydrogens is 496 g/mol. The normalized spacial score (nSPS) is 23.9. The Morgan fingerprint density at radius 1 is 1.15 bits per heavy atom. The molecule has 4 heterocycles. The summed E-state index contributed by atoms with van der Waals surface area (Å²) in [5.41, 5.74) is 2.78. The van der Waals surface area contributed by atoms with Gasteiger partial charge in [-0.1, -0.05) is 49.3 Å². The minimum atomic E-state index is -0.891. The Morgan fingerprint density at radius 2 is 1.87 bits per heavy atom. The predicted molar refractivity (Wildman–Crippen MR) is 146 cm³/mol. The number of hydrogen-bond donors (Lipinski definition) is 1. The average molecular weight is 531 g/mol. The summed E-state index contributed by atoms with van der Waals surface area (Å²) in [6.45, 7) is 7.75. The molecule has 1 saturated heterocycles. The maximum atomic E-state index is 13.8. The van der Waals surface area contributed by atoms with Gasteiger partial charge in [-0.2, -0.15) is 0 Å². The van der Waals surface area contributed by atoms with Crippen LogP contribution in [0, 0.1) is 12.8 Å². The van der Waals surface area contributed by atoms with Crippen molar-refractivity contribution in [3.05, 3.63) is 75.9 Å². The highest BCUT2D eigenvalue weighted by Crippen LogP contribution is 2.39. The van der Waals surface area contributed by atoms with Gasteiger partial charge in [0.15, 0.2) is 0 Å². The van der Waals surface area contributed by atoms with Crippen molar-refractivity contribution < 1.29 is 19.2 Å². The number of nitrogens with zero attached hydrogens (tertiary/aromatic N) is 4. The lowest BCUT2D eigenvalue weighted by atomic mass is 9.78. The van der Waals surface area contributed by atoms with Gasteiger partial charge < -0.3 is 19.1 Å². The third-order valence-electron chi connectivity index (χ3n) is 8.09. The number of aryl methyl sites for hydroxylation is 1. The zero-order chi connectivity index (χ0) is 28.1. The fraction of sp³-hybridized carbons (Fsp3) is 0.433. The van der Waals surface area contributed by atoms with Gasteiger partial charge in [-0.05, 0) is 37.0 Å². The Kier molecular flexibility index (Phi) is 6.88. The van der Waals surface area contributed by atoms with Crippen LogP contribution in [0.3, 0.4) is 0 Å². The molecule has 0 saturated carbocycles. The molecule has 1 fully saturated rings. The second-order valence-electron chi connectivity index (χ2n) is 11.3. The van der Waals surface area contributed by atoms with Gasteiger partial charge in [-0.3, -0.25) is 14.4 Å². The van der Waals surface area contributed by atoms with Gasteiger partial charge in [0.25, 0.3) is 11.5 Å². The highest BCUT2D eigenvalue weighted by molar-refractivity contribution is 6.11. The van der Waals surface area contributed by atoms with Gasteiger partial charge in [0.2, 0.25) is 5.91 Å². The SMILES string of the molecule is Cc1cc([C@H](C(=O)N2C[C@H](O)C[C@@H]2C2=NC(=O)[C@](C)(c3ccc(-c4cccc(=O)n4C)cc3)C2)C(C)C)on1. The van der Waals surface area contributed by atoms with Gasteiger partial charge in [0.1, 0.15) is 11.7 Å². The molecule has 5 rings (SSSR count). The number of benzene rings is 1. The van der Waals surface area contributed by atoms with E-state index < -0.39 is 23.5 Å². The van der Waals surface area contributed by atoms with Crippen molar-refractivity contribution in [1.82, 2.24) is 14.6 Å². The number of pyridine rings is 1. The quantitative estimate of drug-likeness (QED) is 0.522. The molecule has 0 aliphatic carbocycles. The first-order valence-electron chi connectivity index (χ1n) is 13.3. The van der Waals surface area contributed by atoms with E-state index in [9.17, 15) is 19.5 Å². The molecule has 9 heteroatoms. The number of likely N-dealkylation sites (tertiary alicyclic amines) is 1. The number of β-amino-alcohol motifs (C(OH)–C–C–N with tert-alkyl or cyclic N) is 1. The van der Waals surface area contributed by atoms with Crippen LogP contribution in [0.5, 0.6) is 0 Å². The molecule has 0 bridgehead atoms. The lowest BCUT2D eigenvalue weighted by Crippen LogP contribution is -2.44. The van der Waals surface area contributed by atoms with E-state index in [1.165, 1.54) is 6.07 Å². The molecule has 4 atom stereocenters. The maximum absolute atomic E-state index is 13.8. The number of aromatic nitrogens is 2. The van der Waals surface area contributed by atoms with E-state index in [4.69, 9.17) is 4.52 Å². The van der Waals surface area contributed by atoms with Crippen molar-refractivity contribution in [3.8, 4) is 11.3 Å². The van der Waals surface area contributed by atoms with Crippen LogP contribution in [0.15, 0.2) is 62.8 Å². The van der Waals surface area contributed by atoms with Crippen molar-refractivity contribution in [2.24, 2.45) is 18.0 Å². The van der Waals surface area contributed by atoms with Gasteiger partial charge in [-0.25, -0.2) is 4.99 Å². The van der Waals surface area contributed by atoms with E-state index in [-0.39, 0.29) is 29.8 Å². The summed E-state index contributed by atoms with van der Waals surface area (Å²) in [4.78, 5) is 45.3. The molecule has 1 aromatic carbocycles. The molecule has 0 unspecified atom stereocenters. The second kappa shape index (κ2) is 10.0. The van der Waals surface area contributed by atoms with Crippen LogP contribution in [0.4, 0.5) is 0 Å². The van der Waals surface area contributed by atoms with Crippen LogP contribution >= 0.6 is 0 Å². The topological polar surface area (TPSA) is 118 Å². The summed E-state index contributed by atoms with van der Waals surface area (Å²) < 4.78 is 7.04. The Bertz CT molecular complexity index is 1500. The zero-order valence-corrected chi connectivity index (χ0v) is 22.9. The second-order valence-corrected chi connectivity index (χ2v) is 11.3. The van der Waals surface area contributed by atoms with Crippen LogP contribution in [0.25, 0.3) is 11.3 Å². The fourth-order valence-corrected chi connectivity index (χ4v) is 5.83. The van der Waals surface area contributed by atoms with E-state index in [2.05, 4.69) is 10.1 Å². The lowest BCUT2D eigenvalue weighted by Gasteiger charge is -2.30. The van der Waals surface area contributed by atoms with E-state index >= 15 is 0 Å². The predicted octanol–water partition coefficient (Wildman–Crippen LogP) is 3.38. The minimum absolute atomic E-state index is 0.0525. The molecule has 2 aromatic heterocycles. The molecule has 9 nitrogen and oxygen atoms in total. The lowest BCUT2D eigenvalue weighted by molar-refractivity contribution is -0.134. The summed E-state index contributed by atoms with van der Waals surface area (Å²) in [6, 6.07) is 14.0. The van der Waals surface area contributed by atoms with Crippen LogP contribution in [-0.2, 0) is 22.1 Å². The molecule has 0 radical (unpaired) electrons. The molecule has 3 aromatic rings. The largest absolute Gasteiger partial charge is 0.391 e. The van der Waals surface area contributed by atoms with Crippen molar-refractivity contribution in [1.29, 1.82) is 0 Å². The minimum Gasteiger partial charge on any atom is -0.391 e. The van der Waals surface area contributed by atoms with Crippen molar-refractivity contribution in [2.75, 3.05) is 6.54 Å². The molecule has 39 heavy (non-hydrogen) atoms. The van der Waals surface area contributed by atoms with Gasteiger partial charge in [-0.15, -0.1) is 0 Å². The molecule has 0 spiro atoms. The van der Waals surface area contributed by atoms with Crippen molar-refractivity contribution >= 4 is 17.5 Å². The summed E-state index contributed by atoms with van der Waals surface area (Å²) in [7, 11) is 1.73. The number of aliphatic imine (C=N–C) groups is 1. The number of carbonyl (C=O) groups is 2. The zero-order valence-electron chi connectivity index (χ0n) is 22.9. The van der Waals surface area contributed by atoms with E-state index in [1.807, 2.05) is 58.0 Å². The molecule has 2 aliphatic rings. The van der Waals surface area contributed by atoms with E-state index in [0.29, 0.717) is 30.0 Å². The third-order valence-corrected chi connectivity index (χ3v) is 8.09. The number of aliphatic hydroxyl groups is 1. The highest BCUT2D eigenvalue weighted by Gasteiger charge is 2.48. The van der Waals surface area contributed by atoms with Gasteiger partial charge in [0, 0.05) is 44.3 Å². The van der Waals surface area contributed by atoms with Gasteiger partial charge >= 0.3 is 0 Å². The summed E-state index contributed by atoms with van der Waals surface area (Å²) in [5, 5.41) is 14.5. The van der Waals surface area contributed by atoms with Crippen LogP contribution in [0.2, 0.25) is 0 Å². The van der Waals surface area contributed by atoms with E-state index in [1.54, 1.807) is 28.6 Å². The summed E-state index contributed by atoms with van der Waals surface area (Å²) in [6.07, 6.45) is -0.0243. The Balaban J connectivity index is 1.40. The van der Waals surface area contributed by atoms with Crippen molar-refractivity contribution in [2.45, 2.75) is 64.0 Å². The fourth-order valence-electron chi connectivity index (χ4n) is 5.83. The van der Waals surface area contributed by atoms with Crippen LogP contribution < -0.4 is 5.56 Å². The average Bonchev–Trinajstić information content (AvgIpc) is 3.58. The van der Waals surface area contributed by atoms with Crippen molar-refractivity contribution in [3.63, 3.8) is 0 Å². The third kappa shape index (κ3) is 4.76. The monoisotopic (exact) mass is 530 g/mol. The molecule has 2 amide bonds. The number of rotatable bonds is 6. The molecule has 204 valence electrons. The highest BCUT2D eigenvalue weighted by atomic mass is 16.5. The van der Waals surface area contributed by atoms with Crippen LogP contribution in [-0.4, -0.2) is 55.9 Å². The first kappa shape index (κ1) is 26.7. The summed E-state index contributed by atoms with van der Waals surface area (Å²) in [5.74, 6) is -0.535. The molecule has 2 aliphatic heterocycles. The standard InChI is InChI=1S/C30H34N4O5/c1-17(2)27(25-13-18(3)32-39-25)28(37)34-16-21(35)14-24(34)22-15-30(4,29(38)31-22)20-11-9-19(10-12-20)23-7-6-8-26(36)33(23)5/h6-13,17,21,24,27,35H,14-16H2,1-5H3/t21-,24-,27-,30+/m1/s1. The first-order chi connectivity index (χ1) is 18.5. The Morgan fingerprint density at radius 3 is 2.51 bits per heavy atom. The maximum Gasteiger partial charge on any atom is 0.256 e. The Hall–Kier alpha value is -3.85.